The van der Waals surface area contributed by atoms with Crippen LogP contribution in [-0.2, 0) is 17.9 Å². The van der Waals surface area contributed by atoms with E-state index in [9.17, 15) is 5.11 Å². The van der Waals surface area contributed by atoms with Crippen molar-refractivity contribution in [2.24, 2.45) is 0 Å². The van der Waals surface area contributed by atoms with E-state index in [4.69, 9.17) is 9.84 Å². The van der Waals surface area contributed by atoms with Gasteiger partial charge in [0.1, 0.15) is 0 Å². The van der Waals surface area contributed by atoms with Gasteiger partial charge in [0.15, 0.2) is 0 Å². The average Bonchev–Trinajstić information content (AvgIpc) is 2.37. The van der Waals surface area contributed by atoms with E-state index in [1.807, 2.05) is 24.3 Å². The van der Waals surface area contributed by atoms with Crippen molar-refractivity contribution in [3.63, 3.8) is 0 Å². The Kier molecular flexibility index (Phi) is 4.58. The second kappa shape index (κ2) is 6.01. The van der Waals surface area contributed by atoms with Crippen LogP contribution in [0.4, 0.5) is 0 Å². The van der Waals surface area contributed by atoms with Crippen molar-refractivity contribution in [3.8, 4) is 0 Å². The van der Waals surface area contributed by atoms with Crippen LogP contribution in [0.3, 0.4) is 0 Å². The third-order valence-corrected chi connectivity index (χ3v) is 3.37. The van der Waals surface area contributed by atoms with Gasteiger partial charge in [0.2, 0.25) is 0 Å². The fourth-order valence-electron chi connectivity index (χ4n) is 2.64. The molecular formula is C15H23NO3. The quantitative estimate of drug-likeness (QED) is 0.857. The van der Waals surface area contributed by atoms with E-state index in [1.165, 1.54) is 5.56 Å². The molecule has 0 aliphatic carbocycles. The predicted molar refractivity (Wildman–Crippen MR) is 73.7 cm³/mol. The van der Waals surface area contributed by atoms with E-state index in [0.29, 0.717) is 0 Å². The first-order chi connectivity index (χ1) is 9.02. The molecule has 4 nitrogen and oxygen atoms in total. The number of aliphatic hydroxyl groups excluding tert-OH is 2. The highest BCUT2D eigenvalue weighted by Gasteiger charge is 2.32. The second-order valence-corrected chi connectivity index (χ2v) is 5.83. The maximum atomic E-state index is 9.30. The lowest BCUT2D eigenvalue weighted by atomic mass is 10.0. The molecule has 2 rings (SSSR count). The minimum Gasteiger partial charge on any atom is -0.394 e. The number of ether oxygens (including phenoxy) is 1. The van der Waals surface area contributed by atoms with Gasteiger partial charge in [-0.3, -0.25) is 4.90 Å². The van der Waals surface area contributed by atoms with Crippen molar-refractivity contribution in [3.05, 3.63) is 35.4 Å². The normalized spacial score (nSPS) is 23.5. The highest BCUT2D eigenvalue weighted by Crippen LogP contribution is 2.22. The van der Waals surface area contributed by atoms with Crippen molar-refractivity contribution in [1.29, 1.82) is 0 Å². The minimum absolute atomic E-state index is 0.0589. The first-order valence-electron chi connectivity index (χ1n) is 6.72. The van der Waals surface area contributed by atoms with Crippen LogP contribution >= 0.6 is 0 Å². The van der Waals surface area contributed by atoms with Gasteiger partial charge in [-0.25, -0.2) is 0 Å². The van der Waals surface area contributed by atoms with Crippen LogP contribution < -0.4 is 0 Å². The highest BCUT2D eigenvalue weighted by molar-refractivity contribution is 5.22. The molecule has 1 aliphatic rings. The molecule has 19 heavy (non-hydrogen) atoms. The summed E-state index contributed by atoms with van der Waals surface area (Å²) in [6.45, 7) is 6.69. The SMILES string of the molecule is CC1(C)CN(Cc2ccc(CO)cc2)CC(CO)O1. The van der Waals surface area contributed by atoms with Gasteiger partial charge in [-0.2, -0.15) is 0 Å². The van der Waals surface area contributed by atoms with Crippen LogP contribution in [0, 0.1) is 0 Å². The molecule has 1 aromatic rings. The van der Waals surface area contributed by atoms with Crippen LogP contribution in [0.5, 0.6) is 0 Å². The number of hydrogen-bond acceptors (Lipinski definition) is 4. The molecule has 1 fully saturated rings. The molecule has 1 atom stereocenters. The monoisotopic (exact) mass is 265 g/mol. The number of rotatable bonds is 4. The standard InChI is InChI=1S/C15H23NO3/c1-15(2)11-16(8-14(10-18)19-15)7-12-3-5-13(9-17)6-4-12/h3-6,14,17-18H,7-11H2,1-2H3. The molecule has 106 valence electrons. The Morgan fingerprint density at radius 1 is 1.21 bits per heavy atom. The van der Waals surface area contributed by atoms with Crippen molar-refractivity contribution in [1.82, 2.24) is 4.90 Å². The summed E-state index contributed by atoms with van der Waals surface area (Å²) in [4.78, 5) is 2.30. The Balaban J connectivity index is 2.00. The second-order valence-electron chi connectivity index (χ2n) is 5.83. The molecule has 4 heteroatoms. The molecule has 1 unspecified atom stereocenters. The molecule has 2 N–H and O–H groups in total. The maximum Gasteiger partial charge on any atom is 0.0940 e. The highest BCUT2D eigenvalue weighted by atomic mass is 16.5. The van der Waals surface area contributed by atoms with Gasteiger partial charge in [-0.1, -0.05) is 24.3 Å². The first-order valence-corrected chi connectivity index (χ1v) is 6.72. The molecule has 1 saturated heterocycles. The largest absolute Gasteiger partial charge is 0.394 e. The van der Waals surface area contributed by atoms with Crippen molar-refractivity contribution in [2.75, 3.05) is 19.7 Å². The van der Waals surface area contributed by atoms with Gasteiger partial charge >= 0.3 is 0 Å². The Morgan fingerprint density at radius 3 is 2.42 bits per heavy atom. The van der Waals surface area contributed by atoms with E-state index in [-0.39, 0.29) is 24.9 Å². The molecule has 0 bridgehead atoms. The van der Waals surface area contributed by atoms with E-state index in [1.54, 1.807) is 0 Å². The molecule has 0 saturated carbocycles. The van der Waals surface area contributed by atoms with Crippen molar-refractivity contribution in [2.45, 2.75) is 38.7 Å². The van der Waals surface area contributed by atoms with Gasteiger partial charge in [0, 0.05) is 19.6 Å². The molecule has 1 aromatic carbocycles. The summed E-state index contributed by atoms with van der Waals surface area (Å²) >= 11 is 0. The number of hydrogen-bond donors (Lipinski definition) is 2. The maximum absolute atomic E-state index is 9.30. The first kappa shape index (κ1) is 14.5. The Labute approximate surface area is 114 Å². The third kappa shape index (κ3) is 4.01. The Morgan fingerprint density at radius 2 is 1.84 bits per heavy atom. The van der Waals surface area contributed by atoms with Crippen LogP contribution in [0.2, 0.25) is 0 Å². The number of benzene rings is 1. The lowest BCUT2D eigenvalue weighted by Crippen LogP contribution is -2.53. The topological polar surface area (TPSA) is 52.9 Å². The van der Waals surface area contributed by atoms with Crippen molar-refractivity contribution >= 4 is 0 Å². The fourth-order valence-corrected chi connectivity index (χ4v) is 2.64. The number of aliphatic hydroxyl groups is 2. The summed E-state index contributed by atoms with van der Waals surface area (Å²) in [5.74, 6) is 0. The average molecular weight is 265 g/mol. The summed E-state index contributed by atoms with van der Waals surface area (Å²) in [6.07, 6.45) is -0.111. The summed E-state index contributed by atoms with van der Waals surface area (Å²) in [6, 6.07) is 7.98. The Bertz CT molecular complexity index is 402. The van der Waals surface area contributed by atoms with Crippen LogP contribution in [0.25, 0.3) is 0 Å². The lowest BCUT2D eigenvalue weighted by Gasteiger charge is -2.42. The molecule has 0 radical (unpaired) electrons. The van der Waals surface area contributed by atoms with E-state index >= 15 is 0 Å². The van der Waals surface area contributed by atoms with Crippen LogP contribution in [-0.4, -0.2) is 46.5 Å². The van der Waals surface area contributed by atoms with E-state index < -0.39 is 0 Å². The van der Waals surface area contributed by atoms with Gasteiger partial charge in [-0.15, -0.1) is 0 Å². The van der Waals surface area contributed by atoms with Gasteiger partial charge in [0.25, 0.3) is 0 Å². The molecule has 0 spiro atoms. The van der Waals surface area contributed by atoms with Gasteiger partial charge in [0.05, 0.1) is 24.9 Å². The van der Waals surface area contributed by atoms with Gasteiger partial charge in [-0.05, 0) is 25.0 Å². The minimum atomic E-state index is -0.226. The van der Waals surface area contributed by atoms with Gasteiger partial charge < -0.3 is 14.9 Å². The molecule has 1 heterocycles. The summed E-state index contributed by atoms with van der Waals surface area (Å²) < 4.78 is 5.80. The van der Waals surface area contributed by atoms with Crippen LogP contribution in [0.1, 0.15) is 25.0 Å². The summed E-state index contributed by atoms with van der Waals surface area (Å²) in [5.41, 5.74) is 1.92. The summed E-state index contributed by atoms with van der Waals surface area (Å²) in [5, 5.41) is 18.3. The molecule has 0 amide bonds. The van der Waals surface area contributed by atoms with Crippen LogP contribution in [0.15, 0.2) is 24.3 Å². The molecular weight excluding hydrogens is 242 g/mol. The fraction of sp³-hybridized carbons (Fsp3) is 0.600. The van der Waals surface area contributed by atoms with Crippen molar-refractivity contribution < 1.29 is 14.9 Å². The smallest absolute Gasteiger partial charge is 0.0940 e. The predicted octanol–water partition coefficient (Wildman–Crippen LogP) is 1.15. The zero-order chi connectivity index (χ0) is 13.9. The third-order valence-electron chi connectivity index (χ3n) is 3.37. The zero-order valence-electron chi connectivity index (χ0n) is 11.7. The molecule has 0 aromatic heterocycles. The van der Waals surface area contributed by atoms with E-state index in [0.717, 1.165) is 25.2 Å². The van der Waals surface area contributed by atoms with E-state index in [2.05, 4.69) is 18.7 Å². The number of nitrogens with zero attached hydrogens (tertiary/aromatic N) is 1. The number of morpholine rings is 1. The summed E-state index contributed by atoms with van der Waals surface area (Å²) in [7, 11) is 0. The zero-order valence-corrected chi connectivity index (χ0v) is 11.7. The molecule has 1 aliphatic heterocycles. The lowest BCUT2D eigenvalue weighted by molar-refractivity contribution is -0.150. The Hall–Kier alpha value is -0.940.